The number of amides is 1. The van der Waals surface area contributed by atoms with E-state index in [9.17, 15) is 14.9 Å². The van der Waals surface area contributed by atoms with Crippen LogP contribution in [0.5, 0.6) is 0 Å². The number of nitrogens with zero attached hydrogens (tertiary/aromatic N) is 2. The highest BCUT2D eigenvalue weighted by molar-refractivity contribution is 5.96. The van der Waals surface area contributed by atoms with Gasteiger partial charge in [-0.05, 0) is 31.4 Å². The largest absolute Gasteiger partial charge is 0.383 e. The zero-order valence-corrected chi connectivity index (χ0v) is 11.0. The third kappa shape index (κ3) is 2.52. The lowest BCUT2D eigenvalue weighted by molar-refractivity contribution is -0.383. The number of benzene rings is 1. The minimum Gasteiger partial charge on any atom is -0.383 e. The van der Waals surface area contributed by atoms with E-state index in [2.05, 4.69) is 5.32 Å². The summed E-state index contributed by atoms with van der Waals surface area (Å²) in [5.74, 6) is -0.0869. The zero-order chi connectivity index (χ0) is 14.0. The van der Waals surface area contributed by atoms with Crippen molar-refractivity contribution in [1.29, 1.82) is 0 Å². The number of carbonyl (C=O) groups is 1. The molecular weight excluding hydrogens is 246 g/mol. The van der Waals surface area contributed by atoms with Gasteiger partial charge < -0.3 is 10.2 Å². The molecule has 0 spiro atoms. The first-order valence-corrected chi connectivity index (χ1v) is 6.28. The Balaban J connectivity index is 2.24. The summed E-state index contributed by atoms with van der Waals surface area (Å²) in [5.41, 5.74) is 0.813. The van der Waals surface area contributed by atoms with Crippen LogP contribution in [0.3, 0.4) is 0 Å². The third-order valence-electron chi connectivity index (χ3n) is 3.65. The average molecular weight is 263 g/mol. The molecule has 0 aromatic heterocycles. The van der Waals surface area contributed by atoms with E-state index in [1.165, 1.54) is 18.2 Å². The lowest BCUT2D eigenvalue weighted by Crippen LogP contribution is -2.41. The van der Waals surface area contributed by atoms with Crippen LogP contribution in [0.15, 0.2) is 18.2 Å². The molecule has 1 amide bonds. The van der Waals surface area contributed by atoms with Gasteiger partial charge in [-0.25, -0.2) is 0 Å². The van der Waals surface area contributed by atoms with Crippen LogP contribution in [-0.2, 0) is 0 Å². The highest BCUT2D eigenvalue weighted by atomic mass is 16.6. The van der Waals surface area contributed by atoms with Gasteiger partial charge in [0.25, 0.3) is 11.6 Å². The standard InChI is InChI=1S/C13H17N3O3/c1-14-11-8-9(6-7-12(11)16(18)19)13(17)15(2)10-4-3-5-10/h6-8,10,14H,3-5H2,1-2H3. The Morgan fingerprint density at radius 3 is 2.63 bits per heavy atom. The van der Waals surface area contributed by atoms with E-state index in [0.717, 1.165) is 19.3 Å². The molecule has 0 heterocycles. The quantitative estimate of drug-likeness (QED) is 0.667. The van der Waals surface area contributed by atoms with Gasteiger partial charge in [0.05, 0.1) is 4.92 Å². The van der Waals surface area contributed by atoms with Crippen molar-refractivity contribution in [3.63, 3.8) is 0 Å². The maximum atomic E-state index is 12.3. The summed E-state index contributed by atoms with van der Waals surface area (Å²) >= 11 is 0. The molecule has 1 saturated carbocycles. The molecule has 2 rings (SSSR count). The van der Waals surface area contributed by atoms with Crippen LogP contribution in [0.2, 0.25) is 0 Å². The van der Waals surface area contributed by atoms with Crippen LogP contribution < -0.4 is 5.32 Å². The fraction of sp³-hybridized carbons (Fsp3) is 0.462. The number of rotatable bonds is 4. The van der Waals surface area contributed by atoms with Crippen molar-refractivity contribution in [2.75, 3.05) is 19.4 Å². The van der Waals surface area contributed by atoms with Gasteiger partial charge in [-0.3, -0.25) is 14.9 Å². The molecule has 1 aromatic carbocycles. The number of nitrogens with one attached hydrogen (secondary N) is 1. The monoisotopic (exact) mass is 263 g/mol. The fourth-order valence-corrected chi connectivity index (χ4v) is 2.17. The number of nitro groups is 1. The Hall–Kier alpha value is -2.11. The first-order chi connectivity index (χ1) is 9.04. The predicted octanol–water partition coefficient (Wildman–Crippen LogP) is 2.26. The Kier molecular flexibility index (Phi) is 3.69. The lowest BCUT2D eigenvalue weighted by atomic mass is 9.91. The van der Waals surface area contributed by atoms with Crippen LogP contribution in [0.1, 0.15) is 29.6 Å². The zero-order valence-electron chi connectivity index (χ0n) is 11.0. The molecule has 0 saturated heterocycles. The molecule has 0 aliphatic heterocycles. The smallest absolute Gasteiger partial charge is 0.292 e. The van der Waals surface area contributed by atoms with Crippen LogP contribution in [-0.4, -0.2) is 35.9 Å². The van der Waals surface area contributed by atoms with Gasteiger partial charge in [0, 0.05) is 31.8 Å². The molecule has 19 heavy (non-hydrogen) atoms. The van der Waals surface area contributed by atoms with Crippen molar-refractivity contribution in [3.05, 3.63) is 33.9 Å². The number of carbonyl (C=O) groups excluding carboxylic acids is 1. The second kappa shape index (κ2) is 5.26. The maximum Gasteiger partial charge on any atom is 0.292 e. The van der Waals surface area contributed by atoms with Crippen molar-refractivity contribution in [1.82, 2.24) is 4.90 Å². The lowest BCUT2D eigenvalue weighted by Gasteiger charge is -2.34. The van der Waals surface area contributed by atoms with Gasteiger partial charge in [0.15, 0.2) is 0 Å². The van der Waals surface area contributed by atoms with E-state index >= 15 is 0 Å². The molecule has 1 aliphatic rings. The van der Waals surface area contributed by atoms with E-state index in [1.807, 2.05) is 0 Å². The molecule has 6 heteroatoms. The predicted molar refractivity (Wildman–Crippen MR) is 72.4 cm³/mol. The van der Waals surface area contributed by atoms with E-state index in [4.69, 9.17) is 0 Å². The molecule has 6 nitrogen and oxygen atoms in total. The summed E-state index contributed by atoms with van der Waals surface area (Å²) in [4.78, 5) is 24.3. The number of hydrogen-bond donors (Lipinski definition) is 1. The molecule has 1 aliphatic carbocycles. The number of hydrogen-bond acceptors (Lipinski definition) is 4. The van der Waals surface area contributed by atoms with Gasteiger partial charge in [0.1, 0.15) is 5.69 Å². The molecular formula is C13H17N3O3. The minimum atomic E-state index is -0.463. The van der Waals surface area contributed by atoms with Crippen molar-refractivity contribution in [3.8, 4) is 0 Å². The van der Waals surface area contributed by atoms with E-state index in [-0.39, 0.29) is 11.6 Å². The molecule has 0 radical (unpaired) electrons. The Morgan fingerprint density at radius 1 is 1.47 bits per heavy atom. The summed E-state index contributed by atoms with van der Waals surface area (Å²) in [7, 11) is 3.39. The average Bonchev–Trinajstić information content (AvgIpc) is 2.34. The minimum absolute atomic E-state index is 0.0228. The van der Waals surface area contributed by atoms with E-state index in [0.29, 0.717) is 17.3 Å². The molecule has 0 unspecified atom stereocenters. The Morgan fingerprint density at radius 2 is 2.16 bits per heavy atom. The van der Waals surface area contributed by atoms with E-state index in [1.54, 1.807) is 19.0 Å². The van der Waals surface area contributed by atoms with Crippen LogP contribution in [0.4, 0.5) is 11.4 Å². The van der Waals surface area contributed by atoms with Gasteiger partial charge in [-0.2, -0.15) is 0 Å². The van der Waals surface area contributed by atoms with Crippen molar-refractivity contribution in [2.45, 2.75) is 25.3 Å². The SMILES string of the molecule is CNc1cc(C(=O)N(C)C2CCC2)ccc1[N+](=O)[O-]. The van der Waals surface area contributed by atoms with Crippen LogP contribution >= 0.6 is 0 Å². The molecule has 0 bridgehead atoms. The molecule has 1 N–H and O–H groups in total. The maximum absolute atomic E-state index is 12.3. The number of nitro benzene ring substituents is 1. The highest BCUT2D eigenvalue weighted by Gasteiger charge is 2.27. The second-order valence-electron chi connectivity index (χ2n) is 4.74. The second-order valence-corrected chi connectivity index (χ2v) is 4.74. The van der Waals surface area contributed by atoms with Crippen molar-refractivity contribution in [2.24, 2.45) is 0 Å². The number of anilines is 1. The summed E-state index contributed by atoms with van der Waals surface area (Å²) < 4.78 is 0. The van der Waals surface area contributed by atoms with Gasteiger partial charge in [-0.1, -0.05) is 0 Å². The summed E-state index contributed by atoms with van der Waals surface area (Å²) in [6.07, 6.45) is 3.23. The topological polar surface area (TPSA) is 75.5 Å². The molecule has 102 valence electrons. The van der Waals surface area contributed by atoms with Crippen LogP contribution in [0, 0.1) is 10.1 Å². The molecule has 1 aromatic rings. The first kappa shape index (κ1) is 13.3. The van der Waals surface area contributed by atoms with Crippen LogP contribution in [0.25, 0.3) is 0 Å². The molecule has 0 atom stereocenters. The Bertz CT molecular complexity index is 512. The highest BCUT2D eigenvalue weighted by Crippen LogP contribution is 2.28. The van der Waals surface area contributed by atoms with Gasteiger partial charge in [0.2, 0.25) is 0 Å². The van der Waals surface area contributed by atoms with Crippen molar-refractivity contribution < 1.29 is 9.72 Å². The third-order valence-corrected chi connectivity index (χ3v) is 3.65. The summed E-state index contributed by atoms with van der Waals surface area (Å²) in [5, 5.41) is 13.6. The normalized spacial score (nSPS) is 14.6. The Labute approximate surface area is 111 Å². The molecule has 1 fully saturated rings. The first-order valence-electron chi connectivity index (χ1n) is 6.28. The van der Waals surface area contributed by atoms with Crippen molar-refractivity contribution >= 4 is 17.3 Å². The fourth-order valence-electron chi connectivity index (χ4n) is 2.17. The van der Waals surface area contributed by atoms with E-state index < -0.39 is 4.92 Å². The van der Waals surface area contributed by atoms with Gasteiger partial charge in [-0.15, -0.1) is 0 Å². The summed E-state index contributed by atoms with van der Waals surface area (Å²) in [6.45, 7) is 0. The summed E-state index contributed by atoms with van der Waals surface area (Å²) in [6, 6.07) is 4.72. The van der Waals surface area contributed by atoms with Gasteiger partial charge >= 0.3 is 0 Å².